The minimum absolute atomic E-state index is 0.0355. The fraction of sp³-hybridized carbons (Fsp3) is 0.286. The summed E-state index contributed by atoms with van der Waals surface area (Å²) in [5, 5.41) is 12.3. The molecule has 2 amide bonds. The molecule has 22 heavy (non-hydrogen) atoms. The van der Waals surface area contributed by atoms with E-state index in [1.165, 1.54) is 7.11 Å². The second kappa shape index (κ2) is 7.32. The molecular weight excluding hydrogens is 288 g/mol. The number of nitrogens with one attached hydrogen (secondary N) is 3. The fourth-order valence-corrected chi connectivity index (χ4v) is 1.90. The average molecular weight is 304 g/mol. The van der Waals surface area contributed by atoms with Crippen molar-refractivity contribution >= 4 is 22.6 Å². The van der Waals surface area contributed by atoms with Crippen LogP contribution in [0.5, 0.6) is 0 Å². The van der Waals surface area contributed by atoms with E-state index in [1.807, 2.05) is 0 Å². The summed E-state index contributed by atoms with van der Waals surface area (Å²) >= 11 is 0. The molecule has 116 valence electrons. The third kappa shape index (κ3) is 3.67. The molecule has 2 rings (SSSR count). The van der Waals surface area contributed by atoms with Crippen molar-refractivity contribution in [2.45, 2.75) is 6.54 Å². The lowest BCUT2D eigenvalue weighted by atomic mass is 10.1. The first-order chi connectivity index (χ1) is 10.6. The number of hydrogen-bond donors (Lipinski definition) is 3. The molecule has 0 spiro atoms. The second-order valence-corrected chi connectivity index (χ2v) is 4.48. The summed E-state index contributed by atoms with van der Waals surface area (Å²) in [4.78, 5) is 34.8. The highest BCUT2D eigenvalue weighted by molar-refractivity contribution is 6.35. The first-order valence-electron chi connectivity index (χ1n) is 6.64. The Balaban J connectivity index is 2.03. The van der Waals surface area contributed by atoms with Crippen molar-refractivity contribution in [2.75, 3.05) is 20.3 Å². The second-order valence-electron chi connectivity index (χ2n) is 4.48. The van der Waals surface area contributed by atoms with Crippen LogP contribution in [0.2, 0.25) is 0 Å². The maximum absolute atomic E-state index is 11.6. The summed E-state index contributed by atoms with van der Waals surface area (Å²) in [7, 11) is 1.50. The molecule has 0 unspecified atom stereocenters. The van der Waals surface area contributed by atoms with Crippen molar-refractivity contribution in [1.82, 2.24) is 20.8 Å². The molecule has 0 aliphatic heterocycles. The van der Waals surface area contributed by atoms with Gasteiger partial charge in [-0.2, -0.15) is 5.10 Å². The van der Waals surface area contributed by atoms with E-state index in [4.69, 9.17) is 4.74 Å². The average Bonchev–Trinajstić information content (AvgIpc) is 2.54. The number of fused-ring (bicyclic) bond motifs is 1. The van der Waals surface area contributed by atoms with E-state index in [1.54, 1.807) is 24.3 Å². The molecule has 0 atom stereocenters. The molecule has 3 N–H and O–H groups in total. The Bertz CT molecular complexity index is 741. The van der Waals surface area contributed by atoms with Gasteiger partial charge in [-0.3, -0.25) is 14.4 Å². The van der Waals surface area contributed by atoms with E-state index >= 15 is 0 Å². The zero-order valence-electron chi connectivity index (χ0n) is 12.0. The van der Waals surface area contributed by atoms with Crippen LogP contribution in [-0.4, -0.2) is 42.3 Å². The quantitative estimate of drug-likeness (QED) is 0.499. The molecule has 0 aliphatic rings. The molecule has 8 nitrogen and oxygen atoms in total. The van der Waals surface area contributed by atoms with Crippen molar-refractivity contribution in [3.63, 3.8) is 0 Å². The van der Waals surface area contributed by atoms with Crippen molar-refractivity contribution in [3.8, 4) is 0 Å². The van der Waals surface area contributed by atoms with E-state index in [0.717, 1.165) is 0 Å². The first kappa shape index (κ1) is 15.6. The third-order valence-electron chi connectivity index (χ3n) is 2.99. The smallest absolute Gasteiger partial charge is 0.309 e. The molecule has 1 aromatic heterocycles. The van der Waals surface area contributed by atoms with Crippen LogP contribution < -0.4 is 16.2 Å². The molecule has 0 fully saturated rings. The largest absolute Gasteiger partial charge is 0.383 e. The standard InChI is InChI=1S/C14H16N4O4/c1-22-7-6-15-13(20)14(21)16-8-11-9-4-2-3-5-10(9)12(19)18-17-11/h2-5H,6-8H2,1H3,(H,15,20)(H,16,21)(H,18,19). The van der Waals surface area contributed by atoms with Crippen molar-refractivity contribution in [1.29, 1.82) is 0 Å². The summed E-state index contributed by atoms with van der Waals surface area (Å²) in [6.07, 6.45) is 0. The fourth-order valence-electron chi connectivity index (χ4n) is 1.90. The lowest BCUT2D eigenvalue weighted by Gasteiger charge is -2.07. The molecule has 2 aromatic rings. The lowest BCUT2D eigenvalue weighted by molar-refractivity contribution is -0.139. The van der Waals surface area contributed by atoms with Gasteiger partial charge in [-0.1, -0.05) is 18.2 Å². The molecule has 1 heterocycles. The zero-order valence-corrected chi connectivity index (χ0v) is 12.0. The minimum Gasteiger partial charge on any atom is -0.383 e. The molecule has 0 saturated carbocycles. The summed E-state index contributed by atoms with van der Waals surface area (Å²) in [6.45, 7) is 0.613. The van der Waals surface area contributed by atoms with Crippen LogP contribution in [0.4, 0.5) is 0 Å². The van der Waals surface area contributed by atoms with Gasteiger partial charge in [0.2, 0.25) is 0 Å². The Morgan fingerprint density at radius 1 is 1.18 bits per heavy atom. The number of benzene rings is 1. The first-order valence-corrected chi connectivity index (χ1v) is 6.64. The SMILES string of the molecule is COCCNC(=O)C(=O)NCc1n[nH]c(=O)c2ccccc12. The number of rotatable bonds is 5. The van der Waals surface area contributed by atoms with Gasteiger partial charge in [0.25, 0.3) is 5.56 Å². The van der Waals surface area contributed by atoms with Crippen LogP contribution in [-0.2, 0) is 20.9 Å². The molecule has 1 aromatic carbocycles. The van der Waals surface area contributed by atoms with E-state index in [9.17, 15) is 14.4 Å². The van der Waals surface area contributed by atoms with E-state index in [0.29, 0.717) is 23.1 Å². The van der Waals surface area contributed by atoms with Gasteiger partial charge < -0.3 is 15.4 Å². The monoisotopic (exact) mass is 304 g/mol. The Morgan fingerprint density at radius 2 is 1.86 bits per heavy atom. The predicted octanol–water partition coefficient (Wildman–Crippen LogP) is -0.698. The van der Waals surface area contributed by atoms with E-state index < -0.39 is 11.8 Å². The van der Waals surface area contributed by atoms with E-state index in [2.05, 4.69) is 20.8 Å². The number of hydrogen-bond acceptors (Lipinski definition) is 5. The number of ether oxygens (including phenoxy) is 1. The maximum Gasteiger partial charge on any atom is 0.309 e. The van der Waals surface area contributed by atoms with Gasteiger partial charge in [-0.25, -0.2) is 5.10 Å². The van der Waals surface area contributed by atoms with Crippen LogP contribution >= 0.6 is 0 Å². The van der Waals surface area contributed by atoms with Crippen LogP contribution in [0.15, 0.2) is 29.1 Å². The molecule has 8 heteroatoms. The van der Waals surface area contributed by atoms with E-state index in [-0.39, 0.29) is 18.6 Å². The molecule has 0 radical (unpaired) electrons. The van der Waals surface area contributed by atoms with Gasteiger partial charge in [-0.15, -0.1) is 0 Å². The number of aromatic nitrogens is 2. The van der Waals surface area contributed by atoms with Crippen molar-refractivity contribution in [2.24, 2.45) is 0 Å². The number of methoxy groups -OCH3 is 1. The molecule has 0 aliphatic carbocycles. The Labute approximate surface area is 125 Å². The minimum atomic E-state index is -0.770. The number of nitrogens with zero attached hydrogens (tertiary/aromatic N) is 1. The Morgan fingerprint density at radius 3 is 2.59 bits per heavy atom. The topological polar surface area (TPSA) is 113 Å². The summed E-state index contributed by atoms with van der Waals surface area (Å²) < 4.78 is 4.77. The third-order valence-corrected chi connectivity index (χ3v) is 2.99. The van der Waals surface area contributed by atoms with Gasteiger partial charge >= 0.3 is 11.8 Å². The highest BCUT2D eigenvalue weighted by Gasteiger charge is 2.13. The Hall–Kier alpha value is -2.74. The van der Waals surface area contributed by atoms with Crippen molar-refractivity contribution in [3.05, 3.63) is 40.3 Å². The highest BCUT2D eigenvalue weighted by atomic mass is 16.5. The number of carbonyl (C=O) groups is 2. The summed E-state index contributed by atoms with van der Waals surface area (Å²) in [5.41, 5.74) is 0.177. The van der Waals surface area contributed by atoms with Gasteiger partial charge in [0.05, 0.1) is 24.2 Å². The van der Waals surface area contributed by atoms with Crippen LogP contribution in [0, 0.1) is 0 Å². The predicted molar refractivity (Wildman–Crippen MR) is 79.1 cm³/mol. The Kier molecular flexibility index (Phi) is 5.21. The number of carbonyl (C=O) groups excluding carboxylic acids is 2. The molecule has 0 saturated heterocycles. The van der Waals surface area contributed by atoms with Gasteiger partial charge in [0.15, 0.2) is 0 Å². The van der Waals surface area contributed by atoms with Gasteiger partial charge in [0, 0.05) is 19.0 Å². The highest BCUT2D eigenvalue weighted by Crippen LogP contribution is 2.11. The number of H-pyrrole nitrogens is 1. The number of amides is 2. The zero-order chi connectivity index (χ0) is 15.9. The van der Waals surface area contributed by atoms with Crippen molar-refractivity contribution < 1.29 is 14.3 Å². The molecular formula is C14H16N4O4. The van der Waals surface area contributed by atoms with Gasteiger partial charge in [0.1, 0.15) is 0 Å². The summed E-state index contributed by atoms with van der Waals surface area (Å²) in [5.74, 6) is -1.51. The van der Waals surface area contributed by atoms with Gasteiger partial charge in [-0.05, 0) is 6.07 Å². The van der Waals surface area contributed by atoms with Crippen LogP contribution in [0.25, 0.3) is 10.8 Å². The van der Waals surface area contributed by atoms with Crippen LogP contribution in [0.3, 0.4) is 0 Å². The number of aromatic amines is 1. The molecule has 0 bridgehead atoms. The van der Waals surface area contributed by atoms with Crippen LogP contribution in [0.1, 0.15) is 5.69 Å². The maximum atomic E-state index is 11.6. The normalized spacial score (nSPS) is 10.4. The summed E-state index contributed by atoms with van der Waals surface area (Å²) in [6, 6.07) is 6.91. The lowest BCUT2D eigenvalue weighted by Crippen LogP contribution is -2.41.